The van der Waals surface area contributed by atoms with Crippen LogP contribution in [0.2, 0.25) is 0 Å². The minimum Gasteiger partial charge on any atom is -0.507 e. The maximum Gasteiger partial charge on any atom is 0.253 e. The van der Waals surface area contributed by atoms with Gasteiger partial charge in [-0.05, 0) is 47.6 Å². The summed E-state index contributed by atoms with van der Waals surface area (Å²) >= 11 is 1.50. The van der Waals surface area contributed by atoms with Crippen molar-refractivity contribution in [1.29, 1.82) is 0 Å². The van der Waals surface area contributed by atoms with Crippen molar-refractivity contribution in [3.8, 4) is 22.6 Å². The van der Waals surface area contributed by atoms with E-state index in [0.717, 1.165) is 33.1 Å². The molecule has 22 heavy (non-hydrogen) atoms. The Bertz CT molecular complexity index is 696. The number of phenols is 1. The summed E-state index contributed by atoms with van der Waals surface area (Å²) in [5, 5.41) is 10.2. The van der Waals surface area contributed by atoms with Gasteiger partial charge in [0, 0.05) is 4.90 Å². The van der Waals surface area contributed by atoms with Gasteiger partial charge in [0.15, 0.2) is 0 Å². The van der Waals surface area contributed by atoms with E-state index in [2.05, 4.69) is 0 Å². The lowest BCUT2D eigenvalue weighted by Gasteiger charge is -2.16. The van der Waals surface area contributed by atoms with E-state index in [1.165, 1.54) is 11.8 Å². The molecule has 3 N–H and O–H groups in total. The van der Waals surface area contributed by atoms with Crippen molar-refractivity contribution in [3.63, 3.8) is 0 Å². The Balaban J connectivity index is 2.63. The highest BCUT2D eigenvalue weighted by Crippen LogP contribution is 2.39. The summed E-state index contributed by atoms with van der Waals surface area (Å²) in [4.78, 5) is 12.4. The first kappa shape index (κ1) is 16.2. The van der Waals surface area contributed by atoms with Crippen molar-refractivity contribution in [3.05, 3.63) is 41.5 Å². The van der Waals surface area contributed by atoms with Gasteiger partial charge in [0.25, 0.3) is 5.91 Å². The molecule has 116 valence electrons. The van der Waals surface area contributed by atoms with Crippen LogP contribution in [-0.4, -0.2) is 23.9 Å². The summed E-state index contributed by atoms with van der Waals surface area (Å²) in [5.74, 6) is 0.854. The van der Waals surface area contributed by atoms with Crippen molar-refractivity contribution >= 4 is 17.7 Å². The number of hydrogen-bond donors (Lipinski definition) is 2. The van der Waals surface area contributed by atoms with Gasteiger partial charge < -0.3 is 15.6 Å². The van der Waals surface area contributed by atoms with Gasteiger partial charge in [0.05, 0.1) is 12.7 Å². The fourth-order valence-electron chi connectivity index (χ4n) is 2.38. The summed E-state index contributed by atoms with van der Waals surface area (Å²) < 4.78 is 5.16. The number of ether oxygens (including phenoxy) is 1. The van der Waals surface area contributed by atoms with Crippen molar-refractivity contribution in [2.75, 3.05) is 12.9 Å². The zero-order valence-corrected chi connectivity index (χ0v) is 13.7. The summed E-state index contributed by atoms with van der Waals surface area (Å²) in [6.07, 6.45) is 0. The van der Waals surface area contributed by atoms with Crippen LogP contribution < -0.4 is 10.5 Å². The number of amides is 1. The molecule has 0 fully saturated rings. The zero-order chi connectivity index (χ0) is 16.3. The number of carbonyl (C=O) groups is 1. The van der Waals surface area contributed by atoms with E-state index >= 15 is 0 Å². The number of benzene rings is 2. The first-order valence-electron chi connectivity index (χ1n) is 6.93. The molecule has 0 aliphatic carbocycles. The Morgan fingerprint density at radius 3 is 2.45 bits per heavy atom. The van der Waals surface area contributed by atoms with E-state index in [1.54, 1.807) is 13.2 Å². The highest BCUT2D eigenvalue weighted by atomic mass is 32.2. The minimum absolute atomic E-state index is 0.0835. The molecule has 4 nitrogen and oxygen atoms in total. The fraction of sp³-hybridized carbons (Fsp3) is 0.235. The fourth-order valence-corrected chi connectivity index (χ4v) is 3.34. The number of primary amides is 1. The molecule has 0 radical (unpaired) electrons. The molecule has 5 heteroatoms. The highest BCUT2D eigenvalue weighted by molar-refractivity contribution is 7.99. The third kappa shape index (κ3) is 3.04. The van der Waals surface area contributed by atoms with Gasteiger partial charge >= 0.3 is 0 Å². The summed E-state index contributed by atoms with van der Waals surface area (Å²) in [5.41, 5.74) is 8.37. The molecular formula is C17H19NO3S. The molecule has 0 atom stereocenters. The first-order valence-corrected chi connectivity index (χ1v) is 7.91. The summed E-state index contributed by atoms with van der Waals surface area (Å²) in [7, 11) is 1.61. The minimum atomic E-state index is -0.613. The Morgan fingerprint density at radius 1 is 1.32 bits per heavy atom. The third-order valence-electron chi connectivity index (χ3n) is 3.44. The Labute approximate surface area is 134 Å². The van der Waals surface area contributed by atoms with Gasteiger partial charge in [-0.2, -0.15) is 0 Å². The smallest absolute Gasteiger partial charge is 0.253 e. The van der Waals surface area contributed by atoms with E-state index in [4.69, 9.17) is 10.5 Å². The molecule has 0 aliphatic heterocycles. The number of aromatic hydroxyl groups is 1. The van der Waals surface area contributed by atoms with E-state index in [-0.39, 0.29) is 11.3 Å². The monoisotopic (exact) mass is 317 g/mol. The van der Waals surface area contributed by atoms with Crippen molar-refractivity contribution in [2.45, 2.75) is 18.7 Å². The number of methoxy groups -OCH3 is 1. The maximum absolute atomic E-state index is 11.6. The second-order valence-electron chi connectivity index (χ2n) is 4.80. The Kier molecular flexibility index (Phi) is 4.98. The highest BCUT2D eigenvalue weighted by Gasteiger charge is 2.20. The molecule has 0 heterocycles. The van der Waals surface area contributed by atoms with Crippen LogP contribution in [-0.2, 0) is 0 Å². The normalized spacial score (nSPS) is 10.5. The predicted octanol–water partition coefficient (Wildman–Crippen LogP) is 3.59. The molecule has 0 aliphatic rings. The third-order valence-corrected chi connectivity index (χ3v) is 4.53. The second-order valence-corrected chi connectivity index (χ2v) is 6.07. The number of thioether (sulfide) groups is 1. The standard InChI is InChI=1S/C17H19NO3S/c1-4-22-16-10(2)13(9-14(19)15(16)17(18)20)11-5-7-12(21-3)8-6-11/h5-9,19H,4H2,1-3H3,(H2,18,20). The molecule has 2 aromatic carbocycles. The average molecular weight is 317 g/mol. The van der Waals surface area contributed by atoms with Crippen LogP contribution in [0.1, 0.15) is 22.8 Å². The molecule has 2 rings (SSSR count). The van der Waals surface area contributed by atoms with Crippen LogP contribution in [0.15, 0.2) is 35.2 Å². The van der Waals surface area contributed by atoms with Crippen molar-refractivity contribution < 1.29 is 14.6 Å². The van der Waals surface area contributed by atoms with Gasteiger partial charge in [0.2, 0.25) is 0 Å². The summed E-state index contributed by atoms with van der Waals surface area (Å²) in [6.45, 7) is 3.93. The average Bonchev–Trinajstić information content (AvgIpc) is 2.50. The van der Waals surface area contributed by atoms with Crippen LogP contribution in [0.25, 0.3) is 11.1 Å². The van der Waals surface area contributed by atoms with Crippen LogP contribution in [0.3, 0.4) is 0 Å². The van der Waals surface area contributed by atoms with Gasteiger partial charge in [-0.25, -0.2) is 0 Å². The summed E-state index contributed by atoms with van der Waals surface area (Å²) in [6, 6.07) is 9.16. The SMILES string of the molecule is CCSc1c(C)c(-c2ccc(OC)cc2)cc(O)c1C(N)=O. The quantitative estimate of drug-likeness (QED) is 0.827. The number of hydrogen-bond acceptors (Lipinski definition) is 4. The Hall–Kier alpha value is -2.14. The largest absolute Gasteiger partial charge is 0.507 e. The molecule has 2 aromatic rings. The van der Waals surface area contributed by atoms with Gasteiger partial charge in [0.1, 0.15) is 11.5 Å². The number of rotatable bonds is 5. The number of nitrogens with two attached hydrogens (primary N) is 1. The molecule has 0 bridgehead atoms. The van der Waals surface area contributed by atoms with E-state index in [1.807, 2.05) is 38.1 Å². The molecule has 1 amide bonds. The van der Waals surface area contributed by atoms with Crippen molar-refractivity contribution in [2.24, 2.45) is 5.73 Å². The molecule has 0 aromatic heterocycles. The molecule has 0 spiro atoms. The van der Waals surface area contributed by atoms with Gasteiger partial charge in [-0.15, -0.1) is 11.8 Å². The molecular weight excluding hydrogens is 298 g/mol. The van der Waals surface area contributed by atoms with Gasteiger partial charge in [-0.3, -0.25) is 4.79 Å². The topological polar surface area (TPSA) is 72.6 Å². The zero-order valence-electron chi connectivity index (χ0n) is 12.8. The van der Waals surface area contributed by atoms with Crippen molar-refractivity contribution in [1.82, 2.24) is 0 Å². The van der Waals surface area contributed by atoms with Gasteiger partial charge in [-0.1, -0.05) is 19.1 Å². The van der Waals surface area contributed by atoms with Crippen LogP contribution in [0.4, 0.5) is 0 Å². The Morgan fingerprint density at radius 2 is 1.95 bits per heavy atom. The van der Waals surface area contributed by atoms with E-state index in [0.29, 0.717) is 0 Å². The molecule has 0 unspecified atom stereocenters. The lowest BCUT2D eigenvalue weighted by molar-refractivity contribution is 0.0994. The van der Waals surface area contributed by atoms with E-state index < -0.39 is 5.91 Å². The second kappa shape index (κ2) is 6.75. The maximum atomic E-state index is 11.6. The van der Waals surface area contributed by atoms with Crippen LogP contribution in [0.5, 0.6) is 11.5 Å². The number of carbonyl (C=O) groups excluding carboxylic acids is 1. The first-order chi connectivity index (χ1) is 10.5. The lowest BCUT2D eigenvalue weighted by Crippen LogP contribution is -2.13. The van der Waals surface area contributed by atoms with Crippen LogP contribution >= 0.6 is 11.8 Å². The predicted molar refractivity (Wildman–Crippen MR) is 89.7 cm³/mol. The molecule has 0 saturated heterocycles. The molecule has 0 saturated carbocycles. The lowest BCUT2D eigenvalue weighted by atomic mass is 9.97. The van der Waals surface area contributed by atoms with Crippen LogP contribution in [0, 0.1) is 6.92 Å². The van der Waals surface area contributed by atoms with E-state index in [9.17, 15) is 9.90 Å².